The van der Waals surface area contributed by atoms with E-state index in [1.54, 1.807) is 0 Å². The number of alkyl halides is 3. The molecule has 0 aliphatic carbocycles. The molecule has 0 spiro atoms. The van der Waals surface area contributed by atoms with Gasteiger partial charge in [0.1, 0.15) is 0 Å². The maximum atomic E-state index is 12.2. The van der Waals surface area contributed by atoms with Crippen molar-refractivity contribution in [2.75, 3.05) is 0 Å². The molecule has 0 saturated carbocycles. The molecular weight excluding hydrogens is 223 g/mol. The number of aliphatic hydroxyl groups excluding tert-OH is 1. The van der Waals surface area contributed by atoms with Gasteiger partial charge in [0.15, 0.2) is 0 Å². The minimum absolute atomic E-state index is 0.229. The third kappa shape index (κ3) is 3.23. The van der Waals surface area contributed by atoms with Crippen molar-refractivity contribution in [1.29, 1.82) is 0 Å². The van der Waals surface area contributed by atoms with Crippen LogP contribution in [0, 0.1) is 0 Å². The van der Waals surface area contributed by atoms with E-state index in [2.05, 4.69) is 0 Å². The minimum atomic E-state index is -4.41. The zero-order valence-electron chi connectivity index (χ0n) is 8.16. The van der Waals surface area contributed by atoms with Crippen LogP contribution >= 0.6 is 0 Å². The van der Waals surface area contributed by atoms with Crippen molar-refractivity contribution in [2.45, 2.75) is 18.7 Å². The number of carbonyl (C=O) groups excluding carboxylic acids is 1. The highest BCUT2D eigenvalue weighted by Gasteiger charge is 2.30. The Labute approximate surface area is 89.7 Å². The number of primary amides is 1. The van der Waals surface area contributed by atoms with Gasteiger partial charge in [0.05, 0.1) is 18.1 Å². The number of hydrogen-bond donors (Lipinski definition) is 2. The summed E-state index contributed by atoms with van der Waals surface area (Å²) in [5, 5.41) is 9.40. The minimum Gasteiger partial charge on any atom is -0.388 e. The van der Waals surface area contributed by atoms with E-state index >= 15 is 0 Å². The van der Waals surface area contributed by atoms with E-state index in [0.29, 0.717) is 0 Å². The molecule has 0 saturated heterocycles. The topological polar surface area (TPSA) is 63.3 Å². The molecule has 0 aliphatic heterocycles. The summed E-state index contributed by atoms with van der Waals surface area (Å²) in [5.74, 6) is -0.715. The molecule has 1 rings (SSSR count). The standard InChI is InChI=1S/C10H10F3NO2/c11-10(12,13)7-3-1-6(2-4-7)8(15)5-9(14)16/h1-4,8,15H,5H2,(H2,14,16). The Balaban J connectivity index is 2.83. The van der Waals surface area contributed by atoms with E-state index in [4.69, 9.17) is 5.73 Å². The number of amides is 1. The summed E-state index contributed by atoms with van der Waals surface area (Å²) >= 11 is 0. The third-order valence-corrected chi connectivity index (χ3v) is 2.02. The van der Waals surface area contributed by atoms with Crippen LogP contribution in [0.2, 0.25) is 0 Å². The van der Waals surface area contributed by atoms with E-state index in [9.17, 15) is 23.1 Å². The lowest BCUT2D eigenvalue weighted by atomic mass is 10.0. The van der Waals surface area contributed by atoms with Crippen LogP contribution < -0.4 is 5.73 Å². The summed E-state index contributed by atoms with van der Waals surface area (Å²) in [6, 6.07) is 3.94. The van der Waals surface area contributed by atoms with Gasteiger partial charge in [-0.15, -0.1) is 0 Å². The van der Waals surface area contributed by atoms with E-state index in [1.807, 2.05) is 0 Å². The molecule has 0 heterocycles. The fraction of sp³-hybridized carbons (Fsp3) is 0.300. The maximum absolute atomic E-state index is 12.2. The molecule has 1 aromatic carbocycles. The molecule has 0 radical (unpaired) electrons. The molecule has 16 heavy (non-hydrogen) atoms. The Kier molecular flexibility index (Phi) is 3.54. The van der Waals surface area contributed by atoms with Crippen LogP contribution in [-0.2, 0) is 11.0 Å². The summed E-state index contributed by atoms with van der Waals surface area (Å²) in [4.78, 5) is 10.5. The number of carbonyl (C=O) groups is 1. The Morgan fingerprint density at radius 2 is 1.81 bits per heavy atom. The largest absolute Gasteiger partial charge is 0.416 e. The molecule has 1 aromatic rings. The lowest BCUT2D eigenvalue weighted by molar-refractivity contribution is -0.137. The molecule has 3 nitrogen and oxygen atoms in total. The second-order valence-corrected chi connectivity index (χ2v) is 3.31. The Morgan fingerprint density at radius 1 is 1.31 bits per heavy atom. The van der Waals surface area contributed by atoms with Gasteiger partial charge in [-0.2, -0.15) is 13.2 Å². The van der Waals surface area contributed by atoms with Gasteiger partial charge in [-0.1, -0.05) is 12.1 Å². The molecule has 3 N–H and O–H groups in total. The summed E-state index contributed by atoms with van der Waals surface area (Å²) in [6.45, 7) is 0. The molecule has 0 bridgehead atoms. The van der Waals surface area contributed by atoms with Gasteiger partial charge in [0.25, 0.3) is 0 Å². The maximum Gasteiger partial charge on any atom is 0.416 e. The van der Waals surface area contributed by atoms with Crippen LogP contribution in [0.3, 0.4) is 0 Å². The monoisotopic (exact) mass is 233 g/mol. The van der Waals surface area contributed by atoms with Gasteiger partial charge in [-0.25, -0.2) is 0 Å². The number of rotatable bonds is 3. The van der Waals surface area contributed by atoms with E-state index in [-0.39, 0.29) is 12.0 Å². The Bertz CT molecular complexity index is 373. The van der Waals surface area contributed by atoms with Crippen LogP contribution in [0.5, 0.6) is 0 Å². The highest BCUT2D eigenvalue weighted by Crippen LogP contribution is 2.30. The molecule has 0 aliphatic rings. The predicted molar refractivity (Wildman–Crippen MR) is 50.2 cm³/mol. The van der Waals surface area contributed by atoms with Crippen LogP contribution in [-0.4, -0.2) is 11.0 Å². The van der Waals surface area contributed by atoms with Gasteiger partial charge < -0.3 is 10.8 Å². The second-order valence-electron chi connectivity index (χ2n) is 3.31. The molecule has 1 atom stereocenters. The van der Waals surface area contributed by atoms with E-state index < -0.39 is 23.8 Å². The first-order valence-electron chi connectivity index (χ1n) is 4.44. The molecule has 1 unspecified atom stereocenters. The smallest absolute Gasteiger partial charge is 0.388 e. The second kappa shape index (κ2) is 4.52. The number of benzene rings is 1. The first-order chi connectivity index (χ1) is 7.30. The number of nitrogens with two attached hydrogens (primary N) is 1. The summed E-state index contributed by atoms with van der Waals surface area (Å²) in [5.41, 5.74) is 4.28. The van der Waals surface area contributed by atoms with Crippen molar-refractivity contribution in [3.8, 4) is 0 Å². The number of aliphatic hydroxyl groups is 1. The number of hydrogen-bond acceptors (Lipinski definition) is 2. The van der Waals surface area contributed by atoms with E-state index in [0.717, 1.165) is 24.3 Å². The first kappa shape index (κ1) is 12.5. The van der Waals surface area contributed by atoms with Crippen LogP contribution in [0.4, 0.5) is 13.2 Å². The molecule has 1 amide bonds. The first-order valence-corrected chi connectivity index (χ1v) is 4.44. The lowest BCUT2D eigenvalue weighted by Crippen LogP contribution is -2.15. The van der Waals surface area contributed by atoms with Crippen molar-refractivity contribution >= 4 is 5.91 Å². The Morgan fingerprint density at radius 3 is 2.19 bits per heavy atom. The highest BCUT2D eigenvalue weighted by molar-refractivity contribution is 5.74. The van der Waals surface area contributed by atoms with Crippen LogP contribution in [0.1, 0.15) is 23.7 Å². The molecule has 6 heteroatoms. The summed E-state index contributed by atoms with van der Waals surface area (Å²) in [6.07, 6.45) is -5.89. The average Bonchev–Trinajstić information content (AvgIpc) is 2.15. The van der Waals surface area contributed by atoms with Gasteiger partial charge in [0, 0.05) is 0 Å². The third-order valence-electron chi connectivity index (χ3n) is 2.02. The van der Waals surface area contributed by atoms with Crippen molar-refractivity contribution in [3.05, 3.63) is 35.4 Å². The van der Waals surface area contributed by atoms with E-state index in [1.165, 1.54) is 0 Å². The predicted octanol–water partition coefficient (Wildman–Crippen LogP) is 1.61. The average molecular weight is 233 g/mol. The highest BCUT2D eigenvalue weighted by atomic mass is 19.4. The Hall–Kier alpha value is -1.56. The number of halogens is 3. The summed E-state index contributed by atoms with van der Waals surface area (Å²) < 4.78 is 36.6. The quantitative estimate of drug-likeness (QED) is 0.833. The van der Waals surface area contributed by atoms with Crippen molar-refractivity contribution in [3.63, 3.8) is 0 Å². The fourth-order valence-electron chi connectivity index (χ4n) is 1.20. The zero-order chi connectivity index (χ0) is 12.3. The zero-order valence-corrected chi connectivity index (χ0v) is 8.16. The van der Waals surface area contributed by atoms with Crippen molar-refractivity contribution < 1.29 is 23.1 Å². The van der Waals surface area contributed by atoms with Crippen molar-refractivity contribution in [1.82, 2.24) is 0 Å². The van der Waals surface area contributed by atoms with Crippen molar-refractivity contribution in [2.24, 2.45) is 5.73 Å². The lowest BCUT2D eigenvalue weighted by Gasteiger charge is -2.11. The SMILES string of the molecule is NC(=O)CC(O)c1ccc(C(F)(F)F)cc1. The van der Waals surface area contributed by atoms with Gasteiger partial charge in [-0.05, 0) is 17.7 Å². The fourth-order valence-corrected chi connectivity index (χ4v) is 1.20. The van der Waals surface area contributed by atoms with Gasteiger partial charge >= 0.3 is 6.18 Å². The molecule has 88 valence electrons. The van der Waals surface area contributed by atoms with Gasteiger partial charge in [0.2, 0.25) is 5.91 Å². The molecule has 0 aromatic heterocycles. The van der Waals surface area contributed by atoms with Crippen LogP contribution in [0.15, 0.2) is 24.3 Å². The van der Waals surface area contributed by atoms with Crippen LogP contribution in [0.25, 0.3) is 0 Å². The molecule has 0 fully saturated rings. The molecular formula is C10H10F3NO2. The summed E-state index contributed by atoms with van der Waals surface area (Å²) in [7, 11) is 0. The normalized spacial score (nSPS) is 13.5. The van der Waals surface area contributed by atoms with Gasteiger partial charge in [-0.3, -0.25) is 4.79 Å².